The molecular weight excluding hydrogens is 599 g/mol. The first-order valence-corrected chi connectivity index (χ1v) is 18.8. The number of aliphatic hydroxyl groups excluding tert-OH is 2. The molecule has 0 aliphatic rings. The van der Waals surface area contributed by atoms with Gasteiger partial charge in [0.15, 0.2) is 6.10 Å². The van der Waals surface area contributed by atoms with Crippen molar-refractivity contribution < 1.29 is 47.8 Å². The molecule has 0 aromatic rings. The van der Waals surface area contributed by atoms with E-state index in [1.165, 1.54) is 38.5 Å². The molecule has 264 valence electrons. The summed E-state index contributed by atoms with van der Waals surface area (Å²) in [5, 5.41) is 18.2. The summed E-state index contributed by atoms with van der Waals surface area (Å²) in [7, 11) is -4.60. The van der Waals surface area contributed by atoms with E-state index in [0.717, 1.165) is 64.2 Å². The molecule has 45 heavy (non-hydrogen) atoms. The minimum absolute atomic E-state index is 0.176. The van der Waals surface area contributed by atoms with Gasteiger partial charge in [-0.25, -0.2) is 4.57 Å². The van der Waals surface area contributed by atoms with E-state index in [1.54, 1.807) is 0 Å². The van der Waals surface area contributed by atoms with Crippen molar-refractivity contribution in [3.05, 3.63) is 24.3 Å². The molecule has 10 nitrogen and oxygen atoms in total. The number of aliphatic hydroxyl groups is 2. The summed E-state index contributed by atoms with van der Waals surface area (Å²) in [6.45, 7) is 2.22. The predicted octanol–water partition coefficient (Wildman–Crippen LogP) is 7.88. The molecule has 0 aromatic heterocycles. The van der Waals surface area contributed by atoms with Crippen molar-refractivity contribution in [1.29, 1.82) is 0 Å². The lowest BCUT2D eigenvalue weighted by atomic mass is 10.1. The summed E-state index contributed by atoms with van der Waals surface area (Å²) in [6, 6.07) is 0. The molecule has 0 spiro atoms. The molecule has 0 rings (SSSR count). The lowest BCUT2D eigenvalue weighted by Crippen LogP contribution is -2.29. The molecule has 0 amide bonds. The van der Waals surface area contributed by atoms with Gasteiger partial charge in [-0.15, -0.1) is 0 Å². The Hall–Kier alpha value is -1.55. The van der Waals surface area contributed by atoms with Crippen molar-refractivity contribution in [3.8, 4) is 0 Å². The highest BCUT2D eigenvalue weighted by molar-refractivity contribution is 7.47. The Balaban J connectivity index is 4.29. The Morgan fingerprint density at radius 2 is 1.16 bits per heavy atom. The van der Waals surface area contributed by atoms with Gasteiger partial charge in [-0.2, -0.15) is 0 Å². The number of carbonyl (C=O) groups excluding carboxylic acids is 2. The van der Waals surface area contributed by atoms with Gasteiger partial charge in [0, 0.05) is 12.8 Å². The SMILES string of the molecule is CCCCC/C=C\C/C=C\CCCCCCCCCC(=O)OC(COC(=O)CCCCCCC)COP(=O)(O)OCC(O)CO. The first-order valence-electron chi connectivity index (χ1n) is 17.3. The van der Waals surface area contributed by atoms with Crippen LogP contribution in [0, 0.1) is 0 Å². The number of allylic oxidation sites excluding steroid dienone is 4. The number of esters is 2. The second-order valence-corrected chi connectivity index (χ2v) is 13.0. The summed E-state index contributed by atoms with van der Waals surface area (Å²) < 4.78 is 32.3. The second kappa shape index (κ2) is 31.1. The average molecular weight is 663 g/mol. The Labute approximate surface area is 272 Å². The van der Waals surface area contributed by atoms with E-state index in [4.69, 9.17) is 19.1 Å². The van der Waals surface area contributed by atoms with E-state index < -0.39 is 51.8 Å². The van der Waals surface area contributed by atoms with Crippen LogP contribution >= 0.6 is 7.82 Å². The summed E-state index contributed by atoms with van der Waals surface area (Å²) >= 11 is 0. The predicted molar refractivity (Wildman–Crippen MR) is 178 cm³/mol. The molecule has 3 N–H and O–H groups in total. The number of phosphoric acid groups is 1. The van der Waals surface area contributed by atoms with Crippen molar-refractivity contribution in [2.24, 2.45) is 0 Å². The van der Waals surface area contributed by atoms with Gasteiger partial charge in [-0.3, -0.25) is 18.6 Å². The summed E-state index contributed by atoms with van der Waals surface area (Å²) in [5.41, 5.74) is 0. The second-order valence-electron chi connectivity index (χ2n) is 11.5. The highest BCUT2D eigenvalue weighted by Crippen LogP contribution is 2.43. The first-order chi connectivity index (χ1) is 21.7. The fourth-order valence-electron chi connectivity index (χ4n) is 4.37. The van der Waals surface area contributed by atoms with Crippen molar-refractivity contribution in [3.63, 3.8) is 0 Å². The van der Waals surface area contributed by atoms with Crippen LogP contribution in [0.15, 0.2) is 24.3 Å². The van der Waals surface area contributed by atoms with Crippen molar-refractivity contribution in [2.75, 3.05) is 26.4 Å². The number of carbonyl (C=O) groups is 2. The molecule has 0 bridgehead atoms. The smallest absolute Gasteiger partial charge is 0.462 e. The fourth-order valence-corrected chi connectivity index (χ4v) is 5.16. The molecule has 0 fully saturated rings. The normalized spacial score (nSPS) is 14.5. The Bertz CT molecular complexity index is 817. The third kappa shape index (κ3) is 30.8. The number of unbranched alkanes of at least 4 members (excludes halogenated alkanes) is 14. The van der Waals surface area contributed by atoms with Gasteiger partial charge in [0.05, 0.1) is 19.8 Å². The maximum Gasteiger partial charge on any atom is 0.472 e. The lowest BCUT2D eigenvalue weighted by molar-refractivity contribution is -0.161. The number of phosphoric ester groups is 1. The van der Waals surface area contributed by atoms with Crippen LogP contribution in [0.25, 0.3) is 0 Å². The summed E-state index contributed by atoms with van der Waals surface area (Å²) in [5.74, 6) is -0.949. The molecule has 3 atom stereocenters. The molecule has 0 radical (unpaired) electrons. The minimum Gasteiger partial charge on any atom is -0.462 e. The zero-order chi connectivity index (χ0) is 33.4. The summed E-state index contributed by atoms with van der Waals surface area (Å²) in [6.07, 6.45) is 26.3. The monoisotopic (exact) mass is 662 g/mol. The summed E-state index contributed by atoms with van der Waals surface area (Å²) in [4.78, 5) is 34.4. The van der Waals surface area contributed by atoms with E-state index in [9.17, 15) is 24.2 Å². The minimum atomic E-state index is -4.60. The van der Waals surface area contributed by atoms with Crippen LogP contribution in [0.3, 0.4) is 0 Å². The van der Waals surface area contributed by atoms with Gasteiger partial charge in [0.2, 0.25) is 0 Å². The van der Waals surface area contributed by atoms with Crippen LogP contribution in [-0.2, 0) is 32.7 Å². The van der Waals surface area contributed by atoms with Crippen LogP contribution in [-0.4, -0.2) is 65.7 Å². The van der Waals surface area contributed by atoms with Gasteiger partial charge in [-0.05, 0) is 44.9 Å². The van der Waals surface area contributed by atoms with E-state index in [2.05, 4.69) is 42.7 Å². The molecule has 3 unspecified atom stereocenters. The molecule has 0 aromatic carbocycles. The zero-order valence-corrected chi connectivity index (χ0v) is 29.0. The van der Waals surface area contributed by atoms with Gasteiger partial charge in [0.1, 0.15) is 12.7 Å². The fraction of sp³-hybridized carbons (Fsp3) is 0.824. The zero-order valence-electron chi connectivity index (χ0n) is 28.1. The van der Waals surface area contributed by atoms with Gasteiger partial charge >= 0.3 is 19.8 Å². The van der Waals surface area contributed by atoms with Gasteiger partial charge < -0.3 is 24.6 Å². The largest absolute Gasteiger partial charge is 0.472 e. The third-order valence-electron chi connectivity index (χ3n) is 7.11. The van der Waals surface area contributed by atoms with E-state index >= 15 is 0 Å². The molecule has 0 heterocycles. The topological polar surface area (TPSA) is 149 Å². The van der Waals surface area contributed by atoms with Crippen LogP contribution in [0.1, 0.15) is 142 Å². The van der Waals surface area contributed by atoms with E-state index in [-0.39, 0.29) is 19.4 Å². The Morgan fingerprint density at radius 1 is 0.667 bits per heavy atom. The Kier molecular flexibility index (Phi) is 30.0. The van der Waals surface area contributed by atoms with Gasteiger partial charge in [-0.1, -0.05) is 109 Å². The number of ether oxygens (including phenoxy) is 2. The van der Waals surface area contributed by atoms with Crippen molar-refractivity contribution in [1.82, 2.24) is 0 Å². The van der Waals surface area contributed by atoms with Crippen LogP contribution in [0.5, 0.6) is 0 Å². The molecule has 0 aliphatic heterocycles. The molecule has 11 heteroatoms. The van der Waals surface area contributed by atoms with Crippen molar-refractivity contribution in [2.45, 2.75) is 154 Å². The standard InChI is InChI=1S/C34H63O10P/c1-3-5-7-9-10-11-12-13-14-15-16-17-18-19-20-22-24-26-34(38)44-32(29-41-33(37)25-23-21-8-6-4-2)30-43-45(39,40)42-28-31(36)27-35/h10-11,13-14,31-32,35-36H,3-9,12,15-30H2,1-2H3,(H,39,40)/b11-10-,14-13-. The van der Waals surface area contributed by atoms with Crippen molar-refractivity contribution >= 4 is 19.8 Å². The number of rotatable bonds is 32. The molecule has 0 saturated carbocycles. The van der Waals surface area contributed by atoms with Crippen LogP contribution in [0.4, 0.5) is 0 Å². The van der Waals surface area contributed by atoms with Crippen LogP contribution < -0.4 is 0 Å². The lowest BCUT2D eigenvalue weighted by Gasteiger charge is -2.20. The Morgan fingerprint density at radius 3 is 1.76 bits per heavy atom. The van der Waals surface area contributed by atoms with E-state index in [0.29, 0.717) is 12.8 Å². The quantitative estimate of drug-likeness (QED) is 0.0281. The van der Waals surface area contributed by atoms with E-state index in [1.807, 2.05) is 0 Å². The molecular formula is C34H63O10P. The average Bonchev–Trinajstić information content (AvgIpc) is 3.02. The van der Waals surface area contributed by atoms with Crippen LogP contribution in [0.2, 0.25) is 0 Å². The van der Waals surface area contributed by atoms with Gasteiger partial charge in [0.25, 0.3) is 0 Å². The maximum atomic E-state index is 12.5. The molecule has 0 aliphatic carbocycles. The first kappa shape index (κ1) is 43.5. The highest BCUT2D eigenvalue weighted by Gasteiger charge is 2.27. The number of hydrogen-bond acceptors (Lipinski definition) is 9. The third-order valence-corrected chi connectivity index (χ3v) is 8.06. The highest BCUT2D eigenvalue weighted by atomic mass is 31.2. The molecule has 0 saturated heterocycles. The maximum absolute atomic E-state index is 12.5. The number of hydrogen-bond donors (Lipinski definition) is 3.